The van der Waals surface area contributed by atoms with E-state index in [1.807, 2.05) is 30.7 Å². The van der Waals surface area contributed by atoms with E-state index in [2.05, 4.69) is 112 Å². The third kappa shape index (κ3) is 8.09. The van der Waals surface area contributed by atoms with Gasteiger partial charge in [0.25, 0.3) is 0 Å². The maximum atomic E-state index is 7.02. The van der Waals surface area contributed by atoms with Gasteiger partial charge in [0.1, 0.15) is 27.5 Å². The van der Waals surface area contributed by atoms with E-state index in [9.17, 15) is 0 Å². The predicted octanol–water partition coefficient (Wildman–Crippen LogP) is 9.00. The van der Waals surface area contributed by atoms with Gasteiger partial charge in [-0.05, 0) is 60.4 Å². The summed E-state index contributed by atoms with van der Waals surface area (Å²) in [5, 5.41) is 1.64. The smallest absolute Gasteiger partial charge is 0.223 e. The molecule has 0 amide bonds. The van der Waals surface area contributed by atoms with E-state index in [1.54, 1.807) is 6.26 Å². The Morgan fingerprint density at radius 1 is 0.817 bits per heavy atom. The Balaban J connectivity index is 0.972. The number of nitrogens with zero attached hydrogens (tertiary/aromatic N) is 9. The fourth-order valence-corrected chi connectivity index (χ4v) is 11.3. The molecule has 2 atom stereocenters. The van der Waals surface area contributed by atoms with Gasteiger partial charge >= 0.3 is 0 Å². The van der Waals surface area contributed by atoms with Crippen molar-refractivity contribution in [3.8, 4) is 0 Å². The van der Waals surface area contributed by atoms with Crippen LogP contribution in [0.3, 0.4) is 0 Å². The van der Waals surface area contributed by atoms with Crippen molar-refractivity contribution in [2.75, 3.05) is 47.6 Å². The lowest BCUT2D eigenvalue weighted by Gasteiger charge is -2.40. The minimum absolute atomic E-state index is 0.00840. The summed E-state index contributed by atoms with van der Waals surface area (Å²) in [4.78, 5) is 31.9. The van der Waals surface area contributed by atoms with Crippen LogP contribution in [0.5, 0.6) is 0 Å². The number of anilines is 4. The number of fused-ring (bicyclic) bond motifs is 4. The van der Waals surface area contributed by atoms with E-state index in [-0.39, 0.29) is 33.8 Å². The Hall–Kier alpha value is -4.33. The molecule has 0 saturated carbocycles. The van der Waals surface area contributed by atoms with E-state index >= 15 is 0 Å². The Labute approximate surface area is 363 Å². The van der Waals surface area contributed by atoms with Crippen LogP contribution in [0.15, 0.2) is 53.7 Å². The molecule has 4 N–H and O–H groups in total. The van der Waals surface area contributed by atoms with Crippen molar-refractivity contribution in [3.05, 3.63) is 87.6 Å². The van der Waals surface area contributed by atoms with Crippen LogP contribution in [0.25, 0.3) is 16.5 Å². The van der Waals surface area contributed by atoms with Crippen LogP contribution in [0.4, 0.5) is 23.5 Å². The van der Waals surface area contributed by atoms with Crippen LogP contribution in [0.2, 0.25) is 46.6 Å². The number of nitrogens with two attached hydrogens (primary N) is 2. The van der Waals surface area contributed by atoms with Crippen LogP contribution in [-0.2, 0) is 28.4 Å². The highest BCUT2D eigenvalue weighted by molar-refractivity contribution is 6.74. The number of hydrogen-bond donors (Lipinski definition) is 2. The van der Waals surface area contributed by atoms with Crippen LogP contribution in [0.1, 0.15) is 74.5 Å². The molecule has 2 unspecified atom stereocenters. The maximum absolute atomic E-state index is 7.02. The van der Waals surface area contributed by atoms with Gasteiger partial charge < -0.3 is 38.9 Å². The molecule has 2 aliphatic rings. The van der Waals surface area contributed by atoms with Gasteiger partial charge in [-0.2, -0.15) is 9.97 Å². The molecule has 2 aliphatic heterocycles. The summed E-state index contributed by atoms with van der Waals surface area (Å²) in [6.07, 6.45) is 10.4. The first-order valence-electron chi connectivity index (χ1n) is 20.4. The van der Waals surface area contributed by atoms with Gasteiger partial charge in [0.15, 0.2) is 16.6 Å². The Morgan fingerprint density at radius 3 is 2.03 bits per heavy atom. The molecule has 0 radical (unpaired) electrons. The van der Waals surface area contributed by atoms with Crippen molar-refractivity contribution in [2.45, 2.75) is 102 Å². The summed E-state index contributed by atoms with van der Waals surface area (Å²) < 4.78 is 21.5. The van der Waals surface area contributed by atoms with E-state index in [1.165, 1.54) is 5.56 Å². The largest absolute Gasteiger partial charge is 0.464 e. The fourth-order valence-electron chi connectivity index (χ4n) is 8.00. The highest BCUT2D eigenvalue weighted by atomic mass is 35.5. The molecule has 0 bridgehead atoms. The average Bonchev–Trinajstić information content (AvgIpc) is 3.94. The molecule has 6 aromatic rings. The van der Waals surface area contributed by atoms with Gasteiger partial charge in [-0.15, -0.1) is 0 Å². The second-order valence-corrected chi connectivity index (χ2v) is 29.2. The summed E-state index contributed by atoms with van der Waals surface area (Å²) >= 11 is 13.5. The molecule has 14 nitrogen and oxygen atoms in total. The van der Waals surface area contributed by atoms with E-state index < -0.39 is 16.6 Å². The highest BCUT2D eigenvalue weighted by Gasteiger charge is 2.44. The zero-order valence-corrected chi connectivity index (χ0v) is 39.4. The number of rotatable bonds is 13. The standard InChI is InChI=1S/C42H55Cl2N11O3Si2/c1-41(2,3)59(6,7)57-23-28-20-55(38-34(28)36(44)50-40(46)52-38)22-30-31-14-25(18-53(31)12-11-47-30)16-42(4,5)60(8,9)58-24-27-19-54(37-33(27)35(43)49-39(45)51-37)21-29-15-32-26(17-48-29)10-13-56-32/h10-15,17-18,27-28H,16,19-24H2,1-9H3,(H2,45,49,51)(H2,46,50,52). The normalized spacial score (nSPS) is 17.3. The maximum Gasteiger partial charge on any atom is 0.223 e. The molecule has 0 spiro atoms. The molecule has 0 aliphatic carbocycles. The second kappa shape index (κ2) is 15.5. The molecule has 18 heteroatoms. The van der Waals surface area contributed by atoms with Crippen molar-refractivity contribution in [3.63, 3.8) is 0 Å². The number of pyridine rings is 1. The lowest BCUT2D eigenvalue weighted by atomic mass is 10.0. The molecule has 318 valence electrons. The first-order valence-corrected chi connectivity index (χ1v) is 27.0. The van der Waals surface area contributed by atoms with Crippen LogP contribution >= 0.6 is 23.2 Å². The van der Waals surface area contributed by atoms with Crippen molar-refractivity contribution in [1.29, 1.82) is 0 Å². The Morgan fingerprint density at radius 2 is 1.42 bits per heavy atom. The summed E-state index contributed by atoms with van der Waals surface area (Å²) in [7, 11) is -4.37. The molecule has 8 rings (SSSR count). The summed E-state index contributed by atoms with van der Waals surface area (Å²) in [6, 6.07) is 6.12. The first-order chi connectivity index (χ1) is 28.2. The minimum Gasteiger partial charge on any atom is -0.464 e. The van der Waals surface area contributed by atoms with Crippen molar-refractivity contribution < 1.29 is 13.3 Å². The second-order valence-electron chi connectivity index (χ2n) is 19.0. The van der Waals surface area contributed by atoms with Crippen LogP contribution in [-0.4, -0.2) is 77.2 Å². The molecule has 0 fully saturated rings. The SMILES string of the molecule is CC(C)(C)[Si](C)(C)OCC1CN(Cc2nccn3cc(CC(C)(C)[Si](C)(C)OCC4CN(Cc5cc6occc6cn5)c5nc(N)nc(Cl)c54)cc23)c2nc(N)nc(Cl)c21. The third-order valence-electron chi connectivity index (χ3n) is 13.2. The lowest BCUT2D eigenvalue weighted by molar-refractivity contribution is 0.263. The third-order valence-corrected chi connectivity index (χ3v) is 22.6. The summed E-state index contributed by atoms with van der Waals surface area (Å²) in [5.74, 6) is 1.72. The molecule has 60 heavy (non-hydrogen) atoms. The summed E-state index contributed by atoms with van der Waals surface area (Å²) in [6.45, 7) is 23.9. The molecule has 0 aromatic carbocycles. The Bertz CT molecular complexity index is 2570. The Kier molecular flexibility index (Phi) is 11.0. The van der Waals surface area contributed by atoms with Crippen LogP contribution < -0.4 is 21.3 Å². The van der Waals surface area contributed by atoms with Gasteiger partial charge in [-0.1, -0.05) is 57.8 Å². The fraction of sp³-hybridized carbons (Fsp3) is 0.476. The number of nitrogen functional groups attached to an aromatic ring is 2. The van der Waals surface area contributed by atoms with Crippen LogP contribution in [0, 0.1) is 0 Å². The van der Waals surface area contributed by atoms with Crippen molar-refractivity contribution >= 4 is 79.9 Å². The van der Waals surface area contributed by atoms with Gasteiger partial charge in [0.05, 0.1) is 36.3 Å². The number of hydrogen-bond acceptors (Lipinski definition) is 13. The average molecular weight is 889 g/mol. The van der Waals surface area contributed by atoms with E-state index in [0.29, 0.717) is 49.7 Å². The number of halogens is 2. The van der Waals surface area contributed by atoms with Gasteiger partial charge in [0, 0.05) is 85.5 Å². The molecule has 0 saturated heterocycles. The summed E-state index contributed by atoms with van der Waals surface area (Å²) in [5.41, 5.74) is 18.8. The molecule has 8 heterocycles. The molecular weight excluding hydrogens is 834 g/mol. The monoisotopic (exact) mass is 887 g/mol. The first kappa shape index (κ1) is 42.4. The van der Waals surface area contributed by atoms with Crippen molar-refractivity contribution in [1.82, 2.24) is 34.3 Å². The van der Waals surface area contributed by atoms with Gasteiger partial charge in [-0.3, -0.25) is 9.97 Å². The lowest BCUT2D eigenvalue weighted by Crippen LogP contribution is -2.44. The van der Waals surface area contributed by atoms with Crippen molar-refractivity contribution in [2.24, 2.45) is 0 Å². The minimum atomic E-state index is -2.37. The number of aromatic nitrogens is 7. The quantitative estimate of drug-likeness (QED) is 0.0832. The highest BCUT2D eigenvalue weighted by Crippen LogP contribution is 2.46. The zero-order valence-electron chi connectivity index (χ0n) is 35.9. The molecular formula is C42H55Cl2N11O3Si2. The van der Waals surface area contributed by atoms with E-state index in [4.69, 9.17) is 52.9 Å². The number of furan rings is 1. The van der Waals surface area contributed by atoms with Gasteiger partial charge in [-0.25, -0.2) is 9.97 Å². The van der Waals surface area contributed by atoms with Gasteiger partial charge in [0.2, 0.25) is 11.9 Å². The molecule has 6 aromatic heterocycles. The van der Waals surface area contributed by atoms with E-state index in [0.717, 1.165) is 57.1 Å². The zero-order chi connectivity index (χ0) is 42.9. The topological polar surface area (TPSA) is 172 Å². The predicted molar refractivity (Wildman–Crippen MR) is 244 cm³/mol.